The number of rotatable bonds is 3. The first-order chi connectivity index (χ1) is 6.67. The van der Waals surface area contributed by atoms with Gasteiger partial charge in [-0.25, -0.2) is 4.39 Å². The zero-order valence-corrected chi connectivity index (χ0v) is 8.95. The molecule has 2 nitrogen and oxygen atoms in total. The van der Waals surface area contributed by atoms with E-state index in [1.165, 1.54) is 17.8 Å². The fourth-order valence-electron chi connectivity index (χ4n) is 0.963. The fourth-order valence-corrected chi connectivity index (χ4v) is 1.39. The van der Waals surface area contributed by atoms with Crippen molar-refractivity contribution in [1.29, 1.82) is 0 Å². The molecule has 4 heteroatoms. The maximum absolute atomic E-state index is 13.3. The van der Waals surface area contributed by atoms with Gasteiger partial charge in [0.15, 0.2) is 0 Å². The smallest absolute Gasteiger partial charge is 0.224 e. The van der Waals surface area contributed by atoms with E-state index in [1.54, 1.807) is 19.1 Å². The number of carbonyl (C=O) groups excluding carboxylic acids is 1. The van der Waals surface area contributed by atoms with Gasteiger partial charge in [0, 0.05) is 11.3 Å². The Morgan fingerprint density at radius 1 is 1.57 bits per heavy atom. The first-order valence-corrected chi connectivity index (χ1v) is 5.53. The molecule has 0 atom stereocenters. The van der Waals surface area contributed by atoms with E-state index in [2.05, 4.69) is 5.32 Å². The molecule has 1 aromatic carbocycles. The van der Waals surface area contributed by atoms with E-state index >= 15 is 0 Å². The van der Waals surface area contributed by atoms with Crippen LogP contribution >= 0.6 is 11.8 Å². The van der Waals surface area contributed by atoms with Gasteiger partial charge >= 0.3 is 0 Å². The molecule has 0 saturated heterocycles. The Hall–Kier alpha value is -1.03. The van der Waals surface area contributed by atoms with Crippen LogP contribution in [0.4, 0.5) is 10.1 Å². The second-order valence-electron chi connectivity index (χ2n) is 2.75. The molecule has 0 aliphatic carbocycles. The van der Waals surface area contributed by atoms with Gasteiger partial charge in [0.05, 0.1) is 5.69 Å². The van der Waals surface area contributed by atoms with Crippen LogP contribution in [0.15, 0.2) is 23.1 Å². The number of carbonyl (C=O) groups is 1. The van der Waals surface area contributed by atoms with Gasteiger partial charge in [-0.3, -0.25) is 4.79 Å². The number of halogens is 1. The lowest BCUT2D eigenvalue weighted by Crippen LogP contribution is -2.10. The van der Waals surface area contributed by atoms with E-state index in [0.717, 1.165) is 4.90 Å². The Labute approximate surface area is 86.9 Å². The number of hydrogen-bond acceptors (Lipinski definition) is 2. The Morgan fingerprint density at radius 3 is 2.79 bits per heavy atom. The zero-order chi connectivity index (χ0) is 10.6. The summed E-state index contributed by atoms with van der Waals surface area (Å²) in [6.45, 7) is 1.73. The van der Waals surface area contributed by atoms with Crippen LogP contribution in [-0.2, 0) is 4.79 Å². The highest BCUT2D eigenvalue weighted by atomic mass is 32.2. The average molecular weight is 213 g/mol. The molecule has 0 radical (unpaired) electrons. The van der Waals surface area contributed by atoms with E-state index in [-0.39, 0.29) is 11.6 Å². The molecule has 0 bridgehead atoms. The van der Waals surface area contributed by atoms with Crippen molar-refractivity contribution >= 4 is 23.4 Å². The van der Waals surface area contributed by atoms with Crippen LogP contribution in [0.1, 0.15) is 13.3 Å². The lowest BCUT2D eigenvalue weighted by molar-refractivity contribution is -0.115. The molecule has 1 N–H and O–H groups in total. The van der Waals surface area contributed by atoms with Gasteiger partial charge in [-0.15, -0.1) is 11.8 Å². The van der Waals surface area contributed by atoms with Crippen molar-refractivity contribution in [2.24, 2.45) is 0 Å². The molecule has 0 heterocycles. The van der Waals surface area contributed by atoms with Crippen LogP contribution in [0.3, 0.4) is 0 Å². The molecular weight excluding hydrogens is 201 g/mol. The summed E-state index contributed by atoms with van der Waals surface area (Å²) < 4.78 is 13.3. The Kier molecular flexibility index (Phi) is 3.95. The molecule has 1 rings (SSSR count). The number of hydrogen-bond donors (Lipinski definition) is 1. The minimum atomic E-state index is -0.390. The number of thioether (sulfide) groups is 1. The SMILES string of the molecule is CCC(=O)Nc1ccc(SC)cc1F. The van der Waals surface area contributed by atoms with Gasteiger partial charge in [-0.2, -0.15) is 0 Å². The Morgan fingerprint density at radius 2 is 2.29 bits per heavy atom. The molecule has 0 spiro atoms. The van der Waals surface area contributed by atoms with Crippen molar-refractivity contribution < 1.29 is 9.18 Å². The summed E-state index contributed by atoms with van der Waals surface area (Å²) in [6.07, 6.45) is 2.22. The van der Waals surface area contributed by atoms with Crippen molar-refractivity contribution in [3.05, 3.63) is 24.0 Å². The van der Waals surface area contributed by atoms with Crippen molar-refractivity contribution in [3.63, 3.8) is 0 Å². The van der Waals surface area contributed by atoms with Crippen LogP contribution in [0.5, 0.6) is 0 Å². The van der Waals surface area contributed by atoms with Gasteiger partial charge < -0.3 is 5.32 Å². The van der Waals surface area contributed by atoms with Crippen LogP contribution in [-0.4, -0.2) is 12.2 Å². The van der Waals surface area contributed by atoms with Gasteiger partial charge in [0.25, 0.3) is 0 Å². The maximum Gasteiger partial charge on any atom is 0.224 e. The second kappa shape index (κ2) is 5.00. The van der Waals surface area contributed by atoms with Crippen molar-refractivity contribution in [3.8, 4) is 0 Å². The summed E-state index contributed by atoms with van der Waals surface area (Å²) in [5.74, 6) is -0.570. The van der Waals surface area contributed by atoms with Gasteiger partial charge in [-0.05, 0) is 24.5 Å². The molecule has 0 aliphatic rings. The normalized spacial score (nSPS) is 9.93. The van der Waals surface area contributed by atoms with Crippen molar-refractivity contribution in [1.82, 2.24) is 0 Å². The summed E-state index contributed by atoms with van der Waals surface area (Å²) in [5.41, 5.74) is 0.245. The largest absolute Gasteiger partial charge is 0.324 e. The summed E-state index contributed by atoms with van der Waals surface area (Å²) >= 11 is 1.46. The van der Waals surface area contributed by atoms with Gasteiger partial charge in [0.2, 0.25) is 5.91 Å². The third-order valence-electron chi connectivity index (χ3n) is 1.77. The Bertz CT molecular complexity index is 341. The topological polar surface area (TPSA) is 29.1 Å². The van der Waals surface area contributed by atoms with Crippen LogP contribution in [0.25, 0.3) is 0 Å². The number of nitrogens with one attached hydrogen (secondary N) is 1. The lowest BCUT2D eigenvalue weighted by atomic mass is 10.3. The molecule has 0 aliphatic heterocycles. The minimum Gasteiger partial charge on any atom is -0.324 e. The first kappa shape index (κ1) is 11.0. The molecule has 76 valence electrons. The summed E-state index contributed by atoms with van der Waals surface area (Å²) in [5, 5.41) is 2.49. The van der Waals surface area contributed by atoms with E-state index < -0.39 is 5.82 Å². The van der Waals surface area contributed by atoms with E-state index in [0.29, 0.717) is 6.42 Å². The highest BCUT2D eigenvalue weighted by Crippen LogP contribution is 2.21. The summed E-state index contributed by atoms with van der Waals surface area (Å²) in [4.78, 5) is 11.8. The Balaban J connectivity index is 2.83. The molecule has 0 saturated carbocycles. The van der Waals surface area contributed by atoms with E-state index in [9.17, 15) is 9.18 Å². The number of benzene rings is 1. The summed E-state index contributed by atoms with van der Waals surface area (Å²) in [6, 6.07) is 4.77. The minimum absolute atomic E-state index is 0.180. The molecular formula is C10H12FNOS. The molecule has 1 amide bonds. The summed E-state index contributed by atoms with van der Waals surface area (Å²) in [7, 11) is 0. The van der Waals surface area contributed by atoms with Crippen LogP contribution < -0.4 is 5.32 Å². The second-order valence-corrected chi connectivity index (χ2v) is 3.63. The molecule has 0 fully saturated rings. The lowest BCUT2D eigenvalue weighted by Gasteiger charge is -2.05. The third kappa shape index (κ3) is 2.73. The van der Waals surface area contributed by atoms with Gasteiger partial charge in [0.1, 0.15) is 5.82 Å². The quantitative estimate of drug-likeness (QED) is 0.782. The van der Waals surface area contributed by atoms with Crippen LogP contribution in [0, 0.1) is 5.82 Å². The number of amides is 1. The first-order valence-electron chi connectivity index (χ1n) is 4.30. The average Bonchev–Trinajstić information content (AvgIpc) is 2.20. The molecule has 0 aromatic heterocycles. The van der Waals surface area contributed by atoms with E-state index in [1.807, 2.05) is 6.26 Å². The van der Waals surface area contributed by atoms with Crippen LogP contribution in [0.2, 0.25) is 0 Å². The standard InChI is InChI=1S/C10H12FNOS/c1-3-10(13)12-9-5-4-7(14-2)6-8(9)11/h4-6H,3H2,1-2H3,(H,12,13). The maximum atomic E-state index is 13.3. The monoisotopic (exact) mass is 213 g/mol. The van der Waals surface area contributed by atoms with Gasteiger partial charge in [-0.1, -0.05) is 6.92 Å². The molecule has 1 aromatic rings. The third-order valence-corrected chi connectivity index (χ3v) is 2.50. The van der Waals surface area contributed by atoms with Crippen molar-refractivity contribution in [2.75, 3.05) is 11.6 Å². The number of anilines is 1. The highest BCUT2D eigenvalue weighted by molar-refractivity contribution is 7.98. The zero-order valence-electron chi connectivity index (χ0n) is 8.13. The predicted molar refractivity (Wildman–Crippen MR) is 57.1 cm³/mol. The molecule has 0 unspecified atom stereocenters. The van der Waals surface area contributed by atoms with E-state index in [4.69, 9.17) is 0 Å². The van der Waals surface area contributed by atoms with Crippen molar-refractivity contribution in [2.45, 2.75) is 18.2 Å². The highest BCUT2D eigenvalue weighted by Gasteiger charge is 2.05. The molecule has 14 heavy (non-hydrogen) atoms. The fraction of sp³-hybridized carbons (Fsp3) is 0.300. The predicted octanol–water partition coefficient (Wildman–Crippen LogP) is 2.90.